The number of aliphatic carboxylic acids is 1. The molecule has 1 saturated heterocycles. The van der Waals surface area contributed by atoms with E-state index in [-0.39, 0.29) is 5.91 Å². The third kappa shape index (κ3) is 2.85. The normalized spacial score (nSPS) is 18.1. The van der Waals surface area contributed by atoms with Gasteiger partial charge in [-0.2, -0.15) is 0 Å². The summed E-state index contributed by atoms with van der Waals surface area (Å²) in [6.45, 7) is 0.696. The minimum absolute atomic E-state index is 0.294. The maximum atomic E-state index is 12.7. The number of thiophene rings is 1. The number of amides is 1. The van der Waals surface area contributed by atoms with Gasteiger partial charge in [0.05, 0.1) is 4.88 Å². The quantitative estimate of drug-likeness (QED) is 0.886. The van der Waals surface area contributed by atoms with Gasteiger partial charge in [0, 0.05) is 30.9 Å². The molecule has 0 atom stereocenters. The maximum absolute atomic E-state index is 12.7. The molecule has 2 aromatic rings. The summed E-state index contributed by atoms with van der Waals surface area (Å²) >= 11 is 1.45. The Balaban J connectivity index is 1.62. The number of benzene rings is 1. The van der Waals surface area contributed by atoms with Crippen LogP contribution in [0.1, 0.15) is 33.6 Å². The molecule has 1 aliphatic carbocycles. The van der Waals surface area contributed by atoms with Crippen molar-refractivity contribution in [3.05, 3.63) is 46.3 Å². The molecule has 2 aliphatic rings. The van der Waals surface area contributed by atoms with Gasteiger partial charge in [0.1, 0.15) is 5.54 Å². The summed E-state index contributed by atoms with van der Waals surface area (Å²) in [4.78, 5) is 26.2. The van der Waals surface area contributed by atoms with Crippen molar-refractivity contribution in [1.29, 1.82) is 0 Å². The van der Waals surface area contributed by atoms with Gasteiger partial charge in [-0.25, -0.2) is 4.79 Å². The monoisotopic (exact) mass is 357 g/mol. The zero-order valence-corrected chi connectivity index (χ0v) is 14.5. The van der Waals surface area contributed by atoms with Crippen molar-refractivity contribution in [2.75, 3.05) is 13.2 Å². The van der Waals surface area contributed by atoms with Crippen LogP contribution in [0.5, 0.6) is 0 Å². The van der Waals surface area contributed by atoms with E-state index in [0.29, 0.717) is 30.9 Å². The lowest BCUT2D eigenvalue weighted by Gasteiger charge is -2.33. The molecule has 2 N–H and O–H groups in total. The highest BCUT2D eigenvalue weighted by Gasteiger charge is 2.42. The van der Waals surface area contributed by atoms with Gasteiger partial charge in [0.25, 0.3) is 5.91 Å². The van der Waals surface area contributed by atoms with Crippen LogP contribution in [0, 0.1) is 0 Å². The van der Waals surface area contributed by atoms with E-state index in [2.05, 4.69) is 17.4 Å². The first kappa shape index (κ1) is 16.3. The molecule has 6 heteroatoms. The number of hydrogen-bond acceptors (Lipinski definition) is 4. The van der Waals surface area contributed by atoms with Crippen molar-refractivity contribution in [2.45, 2.75) is 31.2 Å². The van der Waals surface area contributed by atoms with Crippen molar-refractivity contribution < 1.29 is 19.4 Å². The third-order valence-corrected chi connectivity index (χ3v) is 6.28. The van der Waals surface area contributed by atoms with Gasteiger partial charge in [0.15, 0.2) is 0 Å². The van der Waals surface area contributed by atoms with E-state index in [1.54, 1.807) is 0 Å². The van der Waals surface area contributed by atoms with Crippen LogP contribution < -0.4 is 5.32 Å². The Hall–Kier alpha value is -2.18. The Kier molecular flexibility index (Phi) is 4.09. The summed E-state index contributed by atoms with van der Waals surface area (Å²) in [5.41, 5.74) is 2.44. The number of nitrogens with one attached hydrogen (secondary N) is 1. The van der Waals surface area contributed by atoms with Gasteiger partial charge < -0.3 is 15.2 Å². The van der Waals surface area contributed by atoms with Crippen LogP contribution >= 0.6 is 11.3 Å². The summed E-state index contributed by atoms with van der Waals surface area (Å²) in [5.74, 6) is -1.29. The summed E-state index contributed by atoms with van der Waals surface area (Å²) < 4.78 is 5.26. The number of carbonyl (C=O) groups is 2. The molecule has 0 radical (unpaired) electrons. The number of carboxylic acid groups (broad SMARTS) is 1. The SMILES string of the molecule is O=C(NC1(C(=O)O)CCOCC1)c1cc2c(s1)-c1ccccc1CC2. The van der Waals surface area contributed by atoms with Crippen LogP contribution in [0.2, 0.25) is 0 Å². The van der Waals surface area contributed by atoms with Crippen molar-refractivity contribution >= 4 is 23.2 Å². The third-order valence-electron chi connectivity index (χ3n) is 5.07. The van der Waals surface area contributed by atoms with E-state index in [1.807, 2.05) is 18.2 Å². The predicted octanol–water partition coefficient (Wildman–Crippen LogP) is 2.88. The van der Waals surface area contributed by atoms with Gasteiger partial charge in [-0.05, 0) is 35.6 Å². The van der Waals surface area contributed by atoms with Crippen molar-refractivity contribution in [3.8, 4) is 10.4 Å². The summed E-state index contributed by atoms with van der Waals surface area (Å²) in [7, 11) is 0. The highest BCUT2D eigenvalue weighted by molar-refractivity contribution is 7.17. The smallest absolute Gasteiger partial charge is 0.329 e. The fourth-order valence-electron chi connectivity index (χ4n) is 3.57. The molecule has 2 heterocycles. The fraction of sp³-hybridized carbons (Fsp3) is 0.368. The Morgan fingerprint density at radius 3 is 2.60 bits per heavy atom. The first-order chi connectivity index (χ1) is 12.1. The second-order valence-corrected chi connectivity index (χ2v) is 7.63. The predicted molar refractivity (Wildman–Crippen MR) is 95.0 cm³/mol. The highest BCUT2D eigenvalue weighted by atomic mass is 32.1. The summed E-state index contributed by atoms with van der Waals surface area (Å²) in [5, 5.41) is 12.4. The number of carboxylic acids is 1. The standard InChI is InChI=1S/C19H19NO4S/c21-17(20-19(18(22)23)7-9-24-10-8-19)15-11-13-6-5-12-3-1-2-4-14(12)16(13)25-15/h1-4,11H,5-10H2,(H,20,21)(H,22,23). The molecule has 0 spiro atoms. The fourth-order valence-corrected chi connectivity index (χ4v) is 4.74. The molecule has 0 bridgehead atoms. The van der Waals surface area contributed by atoms with Gasteiger partial charge in [-0.1, -0.05) is 24.3 Å². The lowest BCUT2D eigenvalue weighted by molar-refractivity contribution is -0.148. The second-order valence-electron chi connectivity index (χ2n) is 6.58. The van der Waals surface area contributed by atoms with Crippen LogP contribution in [0.25, 0.3) is 10.4 Å². The van der Waals surface area contributed by atoms with E-state index in [9.17, 15) is 14.7 Å². The van der Waals surface area contributed by atoms with Crippen LogP contribution in [0.3, 0.4) is 0 Å². The van der Waals surface area contributed by atoms with E-state index in [1.165, 1.54) is 28.0 Å². The van der Waals surface area contributed by atoms with Crippen molar-refractivity contribution in [1.82, 2.24) is 5.32 Å². The molecule has 1 amide bonds. The molecule has 0 unspecified atom stereocenters. The van der Waals surface area contributed by atoms with Crippen LogP contribution in [-0.4, -0.2) is 35.7 Å². The Bertz CT molecular complexity index is 836. The zero-order valence-electron chi connectivity index (χ0n) is 13.7. The van der Waals surface area contributed by atoms with Gasteiger partial charge in [0.2, 0.25) is 0 Å². The number of carbonyl (C=O) groups excluding carboxylic acids is 1. The van der Waals surface area contributed by atoms with Crippen molar-refractivity contribution in [2.24, 2.45) is 0 Å². The lowest BCUT2D eigenvalue weighted by atomic mass is 9.90. The molecule has 130 valence electrons. The van der Waals surface area contributed by atoms with Crippen LogP contribution in [-0.2, 0) is 22.4 Å². The largest absolute Gasteiger partial charge is 0.480 e. The topological polar surface area (TPSA) is 75.6 Å². The molecule has 0 saturated carbocycles. The molecular weight excluding hydrogens is 338 g/mol. The highest BCUT2D eigenvalue weighted by Crippen LogP contribution is 2.39. The van der Waals surface area contributed by atoms with Crippen molar-refractivity contribution in [3.63, 3.8) is 0 Å². The zero-order chi connectivity index (χ0) is 17.4. The summed E-state index contributed by atoms with van der Waals surface area (Å²) in [6.07, 6.45) is 2.47. The number of rotatable bonds is 3. The number of hydrogen-bond donors (Lipinski definition) is 2. The Morgan fingerprint density at radius 1 is 1.12 bits per heavy atom. The molecule has 25 heavy (non-hydrogen) atoms. The average Bonchev–Trinajstić information content (AvgIpc) is 3.07. The minimum Gasteiger partial charge on any atom is -0.480 e. The molecule has 1 fully saturated rings. The van der Waals surface area contributed by atoms with E-state index >= 15 is 0 Å². The van der Waals surface area contributed by atoms with E-state index in [0.717, 1.165) is 17.7 Å². The van der Waals surface area contributed by atoms with Gasteiger partial charge in [-0.15, -0.1) is 11.3 Å². The molecule has 1 aromatic carbocycles. The summed E-state index contributed by atoms with van der Waals surface area (Å²) in [6, 6.07) is 10.2. The van der Waals surface area contributed by atoms with Crippen LogP contribution in [0.15, 0.2) is 30.3 Å². The Labute approximate surface area is 149 Å². The molecule has 5 nitrogen and oxygen atoms in total. The van der Waals surface area contributed by atoms with Gasteiger partial charge >= 0.3 is 5.97 Å². The molecular formula is C19H19NO4S. The Morgan fingerprint density at radius 2 is 1.84 bits per heavy atom. The lowest BCUT2D eigenvalue weighted by Crippen LogP contribution is -2.57. The molecule has 1 aromatic heterocycles. The van der Waals surface area contributed by atoms with Gasteiger partial charge in [-0.3, -0.25) is 4.79 Å². The molecule has 1 aliphatic heterocycles. The number of fused-ring (bicyclic) bond motifs is 3. The minimum atomic E-state index is -1.22. The van der Waals surface area contributed by atoms with E-state index < -0.39 is 11.5 Å². The second kappa shape index (κ2) is 6.28. The number of aryl methyl sites for hydroxylation is 2. The first-order valence-corrected chi connectivity index (χ1v) is 9.25. The van der Waals surface area contributed by atoms with E-state index in [4.69, 9.17) is 4.74 Å². The first-order valence-electron chi connectivity index (χ1n) is 8.44. The number of ether oxygens (including phenoxy) is 1. The maximum Gasteiger partial charge on any atom is 0.329 e. The van der Waals surface area contributed by atoms with Crippen LogP contribution in [0.4, 0.5) is 0 Å². The average molecular weight is 357 g/mol. The molecule has 4 rings (SSSR count).